The normalized spacial score (nSPS) is 23.0. The van der Waals surface area contributed by atoms with Crippen molar-refractivity contribution in [2.24, 2.45) is 5.92 Å². The van der Waals surface area contributed by atoms with Crippen LogP contribution in [0.25, 0.3) is 0 Å². The van der Waals surface area contributed by atoms with E-state index in [1.54, 1.807) is 18.2 Å². The molecule has 4 heteroatoms. The van der Waals surface area contributed by atoms with Crippen LogP contribution in [-0.2, 0) is 11.2 Å². The van der Waals surface area contributed by atoms with Gasteiger partial charge in [0, 0.05) is 17.5 Å². The van der Waals surface area contributed by atoms with Gasteiger partial charge in [-0.3, -0.25) is 4.79 Å². The Morgan fingerprint density at radius 2 is 2.05 bits per heavy atom. The van der Waals surface area contributed by atoms with Crippen molar-refractivity contribution in [3.05, 3.63) is 29.8 Å². The number of benzene rings is 1. The topological polar surface area (TPSA) is 49.3 Å². The summed E-state index contributed by atoms with van der Waals surface area (Å²) >= 11 is 5.95. The van der Waals surface area contributed by atoms with E-state index in [-0.39, 0.29) is 24.1 Å². The van der Waals surface area contributed by atoms with E-state index < -0.39 is 0 Å². The highest BCUT2D eigenvalue weighted by Gasteiger charge is 2.25. The van der Waals surface area contributed by atoms with E-state index in [0.717, 1.165) is 19.3 Å². The standard InChI is InChI=1S/C15H20ClNO2/c16-10-12-6-1-3-7-13(12)17-15(19)9-11-5-2-4-8-14(11)18/h2,4-5,8,12-13,18H,1,3,6-7,9-10H2,(H,17,19). The van der Waals surface area contributed by atoms with E-state index in [1.165, 1.54) is 6.42 Å². The number of amides is 1. The maximum absolute atomic E-state index is 12.0. The summed E-state index contributed by atoms with van der Waals surface area (Å²) in [5.74, 6) is 1.11. The van der Waals surface area contributed by atoms with Gasteiger partial charge >= 0.3 is 0 Å². The summed E-state index contributed by atoms with van der Waals surface area (Å²) in [4.78, 5) is 12.0. The average molecular weight is 282 g/mol. The molecule has 1 aliphatic carbocycles. The van der Waals surface area contributed by atoms with Crippen molar-refractivity contribution in [2.75, 3.05) is 5.88 Å². The summed E-state index contributed by atoms with van der Waals surface area (Å²) in [7, 11) is 0. The number of para-hydroxylation sites is 1. The summed E-state index contributed by atoms with van der Waals surface area (Å²) < 4.78 is 0. The number of carbonyl (C=O) groups excluding carboxylic acids is 1. The molecule has 0 spiro atoms. The highest BCUT2D eigenvalue weighted by molar-refractivity contribution is 6.18. The van der Waals surface area contributed by atoms with Crippen molar-refractivity contribution in [3.8, 4) is 5.75 Å². The SMILES string of the molecule is O=C(Cc1ccccc1O)NC1CCCCC1CCl. The fraction of sp³-hybridized carbons (Fsp3) is 0.533. The van der Waals surface area contributed by atoms with Crippen LogP contribution in [0.5, 0.6) is 5.75 Å². The Hall–Kier alpha value is -1.22. The fourth-order valence-corrected chi connectivity index (χ4v) is 3.04. The van der Waals surface area contributed by atoms with Gasteiger partial charge in [-0.1, -0.05) is 31.0 Å². The molecule has 2 atom stereocenters. The number of hydrogen-bond donors (Lipinski definition) is 2. The largest absolute Gasteiger partial charge is 0.508 e. The van der Waals surface area contributed by atoms with Crippen molar-refractivity contribution >= 4 is 17.5 Å². The number of hydrogen-bond acceptors (Lipinski definition) is 2. The Bertz CT molecular complexity index is 436. The number of aromatic hydroxyl groups is 1. The molecule has 1 fully saturated rings. The molecular formula is C15H20ClNO2. The molecule has 2 unspecified atom stereocenters. The first kappa shape index (κ1) is 14.2. The molecule has 1 amide bonds. The van der Waals surface area contributed by atoms with Crippen LogP contribution in [0.3, 0.4) is 0 Å². The van der Waals surface area contributed by atoms with Gasteiger partial charge in [-0.05, 0) is 24.8 Å². The van der Waals surface area contributed by atoms with Crippen molar-refractivity contribution < 1.29 is 9.90 Å². The predicted octanol–water partition coefficient (Wildman–Crippen LogP) is 2.85. The van der Waals surface area contributed by atoms with Gasteiger partial charge in [0.1, 0.15) is 5.75 Å². The Labute approximate surface area is 119 Å². The smallest absolute Gasteiger partial charge is 0.224 e. The third kappa shape index (κ3) is 3.87. The van der Waals surface area contributed by atoms with Crippen LogP contribution in [-0.4, -0.2) is 22.9 Å². The van der Waals surface area contributed by atoms with E-state index in [4.69, 9.17) is 11.6 Å². The van der Waals surface area contributed by atoms with Crippen LogP contribution in [0, 0.1) is 5.92 Å². The Balaban J connectivity index is 1.92. The number of carbonyl (C=O) groups is 1. The number of phenolic OH excluding ortho intramolecular Hbond substituents is 1. The molecule has 104 valence electrons. The van der Waals surface area contributed by atoms with E-state index >= 15 is 0 Å². The lowest BCUT2D eigenvalue weighted by molar-refractivity contribution is -0.121. The highest BCUT2D eigenvalue weighted by atomic mass is 35.5. The summed E-state index contributed by atoms with van der Waals surface area (Å²) in [6.45, 7) is 0. The van der Waals surface area contributed by atoms with E-state index in [0.29, 0.717) is 17.4 Å². The molecule has 1 saturated carbocycles. The Morgan fingerprint density at radius 3 is 2.79 bits per heavy atom. The van der Waals surface area contributed by atoms with Gasteiger partial charge in [-0.2, -0.15) is 0 Å². The maximum Gasteiger partial charge on any atom is 0.224 e. The molecule has 1 aliphatic rings. The number of halogens is 1. The average Bonchev–Trinajstić information content (AvgIpc) is 2.42. The third-order valence-corrected chi connectivity index (χ3v) is 4.19. The number of nitrogens with one attached hydrogen (secondary N) is 1. The lowest BCUT2D eigenvalue weighted by Crippen LogP contribution is -2.43. The molecule has 0 radical (unpaired) electrons. The second-order valence-electron chi connectivity index (χ2n) is 5.18. The molecule has 2 rings (SSSR count). The fourth-order valence-electron chi connectivity index (χ4n) is 2.67. The van der Waals surface area contributed by atoms with Gasteiger partial charge in [0.05, 0.1) is 6.42 Å². The molecule has 2 N–H and O–H groups in total. The summed E-state index contributed by atoms with van der Waals surface area (Å²) in [6, 6.07) is 7.13. The van der Waals surface area contributed by atoms with Crippen LogP contribution in [0.4, 0.5) is 0 Å². The second-order valence-corrected chi connectivity index (χ2v) is 5.49. The molecule has 1 aromatic carbocycles. The minimum Gasteiger partial charge on any atom is -0.508 e. The van der Waals surface area contributed by atoms with Crippen LogP contribution >= 0.6 is 11.6 Å². The molecule has 19 heavy (non-hydrogen) atoms. The van der Waals surface area contributed by atoms with E-state index in [1.807, 2.05) is 6.07 Å². The number of phenols is 1. The van der Waals surface area contributed by atoms with Crippen molar-refractivity contribution in [3.63, 3.8) is 0 Å². The predicted molar refractivity (Wildman–Crippen MR) is 76.4 cm³/mol. The van der Waals surface area contributed by atoms with Gasteiger partial charge in [0.25, 0.3) is 0 Å². The van der Waals surface area contributed by atoms with Crippen molar-refractivity contribution in [2.45, 2.75) is 38.1 Å². The quantitative estimate of drug-likeness (QED) is 0.834. The molecule has 0 saturated heterocycles. The number of alkyl halides is 1. The molecule has 1 aromatic rings. The lowest BCUT2D eigenvalue weighted by atomic mass is 9.85. The third-order valence-electron chi connectivity index (χ3n) is 3.80. The molecule has 0 bridgehead atoms. The van der Waals surface area contributed by atoms with Crippen LogP contribution in [0.2, 0.25) is 0 Å². The van der Waals surface area contributed by atoms with E-state index in [9.17, 15) is 9.90 Å². The van der Waals surface area contributed by atoms with Crippen molar-refractivity contribution in [1.82, 2.24) is 5.32 Å². The maximum atomic E-state index is 12.0. The zero-order valence-corrected chi connectivity index (χ0v) is 11.7. The van der Waals surface area contributed by atoms with Gasteiger partial charge in [0.15, 0.2) is 0 Å². The highest BCUT2D eigenvalue weighted by Crippen LogP contribution is 2.25. The monoisotopic (exact) mass is 281 g/mol. The molecular weight excluding hydrogens is 262 g/mol. The molecule has 3 nitrogen and oxygen atoms in total. The van der Waals surface area contributed by atoms with Gasteiger partial charge in [0.2, 0.25) is 5.91 Å². The first-order valence-corrected chi connectivity index (χ1v) is 7.36. The summed E-state index contributed by atoms with van der Waals surface area (Å²) in [5.41, 5.74) is 0.665. The first-order valence-electron chi connectivity index (χ1n) is 6.83. The second kappa shape index (κ2) is 6.80. The number of rotatable bonds is 4. The van der Waals surface area contributed by atoms with Gasteiger partial charge in [-0.15, -0.1) is 11.6 Å². The lowest BCUT2D eigenvalue weighted by Gasteiger charge is -2.30. The minimum absolute atomic E-state index is 0.0384. The summed E-state index contributed by atoms with van der Waals surface area (Å²) in [6.07, 6.45) is 4.66. The first-order chi connectivity index (χ1) is 9.20. The molecule has 0 heterocycles. The Morgan fingerprint density at radius 1 is 1.32 bits per heavy atom. The van der Waals surface area contributed by atoms with E-state index in [2.05, 4.69) is 5.32 Å². The minimum atomic E-state index is -0.0384. The van der Waals surface area contributed by atoms with Crippen LogP contribution in [0.1, 0.15) is 31.2 Å². The molecule has 0 aromatic heterocycles. The summed E-state index contributed by atoms with van der Waals surface area (Å²) in [5, 5.41) is 12.7. The zero-order chi connectivity index (χ0) is 13.7. The Kier molecular flexibility index (Phi) is 5.08. The zero-order valence-electron chi connectivity index (χ0n) is 10.9. The van der Waals surface area contributed by atoms with Gasteiger partial charge < -0.3 is 10.4 Å². The molecule has 0 aliphatic heterocycles. The van der Waals surface area contributed by atoms with Gasteiger partial charge in [-0.25, -0.2) is 0 Å². The van der Waals surface area contributed by atoms with Crippen LogP contribution < -0.4 is 5.32 Å². The van der Waals surface area contributed by atoms with Crippen molar-refractivity contribution in [1.29, 1.82) is 0 Å². The van der Waals surface area contributed by atoms with Crippen LogP contribution in [0.15, 0.2) is 24.3 Å².